The van der Waals surface area contributed by atoms with Gasteiger partial charge in [0.2, 0.25) is 5.95 Å². The molecular formula is C29H34F3N3O2. The van der Waals surface area contributed by atoms with Crippen LogP contribution in [0.2, 0.25) is 0 Å². The summed E-state index contributed by atoms with van der Waals surface area (Å²) in [6, 6.07) is 9.32. The van der Waals surface area contributed by atoms with Crippen LogP contribution in [0.3, 0.4) is 0 Å². The van der Waals surface area contributed by atoms with Crippen molar-refractivity contribution < 1.29 is 23.1 Å². The molecule has 0 aliphatic heterocycles. The Bertz CT molecular complexity index is 1340. The average molecular weight is 514 g/mol. The molecule has 1 heterocycles. The molecule has 0 radical (unpaired) electrons. The molecule has 0 bridgehead atoms. The number of fused-ring (bicyclic) bond motifs is 1. The van der Waals surface area contributed by atoms with Crippen molar-refractivity contribution in [3.05, 3.63) is 53.1 Å². The van der Waals surface area contributed by atoms with Crippen molar-refractivity contribution in [2.45, 2.75) is 78.4 Å². The van der Waals surface area contributed by atoms with E-state index in [0.717, 1.165) is 53.6 Å². The van der Waals surface area contributed by atoms with Crippen molar-refractivity contribution in [2.75, 3.05) is 5.32 Å². The standard InChI is InChI=1S/C29H34F3N3O2/c1-17-13-27(3,4)16-28(14-17)15-24(28)35-23-11-18(2)19(5-10-25(36)37)12-22(23)34-26(35)33-21-8-6-20(7-9-21)29(30,31)32/h6-9,11-12,17,24H,5,10,13-16H2,1-4H3,(H,33,34)(H,36,37)/t17-,24?,28?/m1/s1. The zero-order chi connectivity index (χ0) is 26.8. The molecule has 5 nitrogen and oxygen atoms in total. The molecular weight excluding hydrogens is 479 g/mol. The van der Waals surface area contributed by atoms with Gasteiger partial charge in [0.1, 0.15) is 0 Å². The summed E-state index contributed by atoms with van der Waals surface area (Å²) in [5.74, 6) is 0.394. The summed E-state index contributed by atoms with van der Waals surface area (Å²) in [7, 11) is 0. The van der Waals surface area contributed by atoms with Gasteiger partial charge in [-0.3, -0.25) is 4.79 Å². The Morgan fingerprint density at radius 2 is 1.86 bits per heavy atom. The highest BCUT2D eigenvalue weighted by Crippen LogP contribution is 2.69. The first-order valence-electron chi connectivity index (χ1n) is 12.9. The van der Waals surface area contributed by atoms with Crippen molar-refractivity contribution >= 4 is 28.6 Å². The predicted molar refractivity (Wildman–Crippen MR) is 138 cm³/mol. The normalized spacial score (nSPS) is 24.9. The van der Waals surface area contributed by atoms with E-state index in [9.17, 15) is 18.0 Å². The van der Waals surface area contributed by atoms with Crippen molar-refractivity contribution in [3.8, 4) is 0 Å². The Morgan fingerprint density at radius 3 is 2.49 bits per heavy atom. The number of benzene rings is 2. The van der Waals surface area contributed by atoms with E-state index in [0.29, 0.717) is 24.0 Å². The molecule has 198 valence electrons. The molecule has 1 aromatic heterocycles. The van der Waals surface area contributed by atoms with Gasteiger partial charge < -0.3 is 15.0 Å². The number of hydrogen-bond acceptors (Lipinski definition) is 3. The van der Waals surface area contributed by atoms with Crippen LogP contribution in [-0.4, -0.2) is 20.6 Å². The summed E-state index contributed by atoms with van der Waals surface area (Å²) >= 11 is 0. The number of nitrogens with zero attached hydrogens (tertiary/aromatic N) is 2. The van der Waals surface area contributed by atoms with Crippen molar-refractivity contribution in [1.82, 2.24) is 9.55 Å². The molecule has 3 aromatic rings. The van der Waals surface area contributed by atoms with E-state index < -0.39 is 17.7 Å². The predicted octanol–water partition coefficient (Wildman–Crippen LogP) is 7.90. The molecule has 2 aromatic carbocycles. The molecule has 37 heavy (non-hydrogen) atoms. The first kappa shape index (κ1) is 25.6. The van der Waals surface area contributed by atoms with E-state index in [-0.39, 0.29) is 23.3 Å². The van der Waals surface area contributed by atoms with Crippen LogP contribution in [0, 0.1) is 23.7 Å². The van der Waals surface area contributed by atoms with Gasteiger partial charge in [-0.1, -0.05) is 20.8 Å². The van der Waals surface area contributed by atoms with Gasteiger partial charge in [0.05, 0.1) is 16.6 Å². The van der Waals surface area contributed by atoms with Gasteiger partial charge in [-0.25, -0.2) is 4.98 Å². The number of rotatable bonds is 6. The fourth-order valence-corrected chi connectivity index (χ4v) is 6.98. The monoisotopic (exact) mass is 513 g/mol. The van der Waals surface area contributed by atoms with E-state index >= 15 is 0 Å². The molecule has 2 fully saturated rings. The van der Waals surface area contributed by atoms with E-state index in [1.165, 1.54) is 18.6 Å². The maximum absolute atomic E-state index is 13.1. The quantitative estimate of drug-likeness (QED) is 0.352. The number of aliphatic carboxylic acids is 1. The van der Waals surface area contributed by atoms with Crippen molar-refractivity contribution in [3.63, 3.8) is 0 Å². The number of carbonyl (C=O) groups is 1. The van der Waals surface area contributed by atoms with Crippen LogP contribution in [0.5, 0.6) is 0 Å². The third-order valence-corrected chi connectivity index (χ3v) is 8.17. The topological polar surface area (TPSA) is 67.2 Å². The molecule has 5 rings (SSSR count). The molecule has 8 heteroatoms. The number of alkyl halides is 3. The first-order valence-corrected chi connectivity index (χ1v) is 12.9. The van der Waals surface area contributed by atoms with Crippen LogP contribution >= 0.6 is 0 Å². The minimum atomic E-state index is -4.39. The summed E-state index contributed by atoms with van der Waals surface area (Å²) in [5.41, 5.74) is 3.99. The largest absolute Gasteiger partial charge is 0.481 e. The number of imidazole rings is 1. The summed E-state index contributed by atoms with van der Waals surface area (Å²) in [6.07, 6.45) is 0.608. The zero-order valence-corrected chi connectivity index (χ0v) is 21.7. The second kappa shape index (κ2) is 8.77. The lowest BCUT2D eigenvalue weighted by Crippen LogP contribution is -2.30. The highest BCUT2D eigenvalue weighted by atomic mass is 19.4. The minimum absolute atomic E-state index is 0.0441. The number of carboxylic acids is 1. The second-order valence-electron chi connectivity index (χ2n) is 12.1. The van der Waals surface area contributed by atoms with Gasteiger partial charge in [0.25, 0.3) is 0 Å². The van der Waals surface area contributed by atoms with E-state index in [2.05, 4.69) is 36.7 Å². The van der Waals surface area contributed by atoms with Crippen LogP contribution < -0.4 is 5.32 Å². The van der Waals surface area contributed by atoms with Crippen LogP contribution in [0.15, 0.2) is 36.4 Å². The lowest BCUT2D eigenvalue weighted by molar-refractivity contribution is -0.138. The lowest BCUT2D eigenvalue weighted by Gasteiger charge is -2.40. The third kappa shape index (κ3) is 5.07. The van der Waals surface area contributed by atoms with Crippen LogP contribution in [0.4, 0.5) is 24.8 Å². The molecule has 2 aliphatic carbocycles. The molecule has 2 aliphatic rings. The zero-order valence-electron chi connectivity index (χ0n) is 21.7. The second-order valence-corrected chi connectivity index (χ2v) is 12.1. The number of nitrogens with one attached hydrogen (secondary N) is 1. The third-order valence-electron chi connectivity index (χ3n) is 8.17. The summed E-state index contributed by atoms with van der Waals surface area (Å²) in [6.45, 7) is 8.99. The maximum atomic E-state index is 13.1. The molecule has 0 saturated heterocycles. The summed E-state index contributed by atoms with van der Waals surface area (Å²) in [5, 5.41) is 12.4. The Hall–Kier alpha value is -3.03. The molecule has 2 unspecified atom stereocenters. The van der Waals surface area contributed by atoms with Crippen molar-refractivity contribution in [1.29, 1.82) is 0 Å². The van der Waals surface area contributed by atoms with E-state index in [4.69, 9.17) is 10.1 Å². The van der Waals surface area contributed by atoms with Crippen LogP contribution in [0.25, 0.3) is 11.0 Å². The van der Waals surface area contributed by atoms with E-state index in [1.54, 1.807) is 0 Å². The molecule has 0 amide bonds. The number of hydrogen-bond donors (Lipinski definition) is 2. The number of halogens is 3. The fraction of sp³-hybridized carbons (Fsp3) is 0.517. The van der Waals surface area contributed by atoms with Gasteiger partial charge in [0, 0.05) is 18.2 Å². The first-order chi connectivity index (χ1) is 17.3. The van der Waals surface area contributed by atoms with Gasteiger partial charge in [-0.15, -0.1) is 0 Å². The van der Waals surface area contributed by atoms with E-state index in [1.807, 2.05) is 13.0 Å². The van der Waals surface area contributed by atoms with Gasteiger partial charge in [0.15, 0.2) is 0 Å². The summed E-state index contributed by atoms with van der Waals surface area (Å²) in [4.78, 5) is 16.0. The van der Waals surface area contributed by atoms with Crippen molar-refractivity contribution in [2.24, 2.45) is 16.7 Å². The molecule has 3 atom stereocenters. The van der Waals surface area contributed by atoms with Crippen LogP contribution in [-0.2, 0) is 17.4 Å². The smallest absolute Gasteiger partial charge is 0.416 e. The Morgan fingerprint density at radius 1 is 1.16 bits per heavy atom. The van der Waals surface area contributed by atoms with Gasteiger partial charge in [-0.2, -0.15) is 13.2 Å². The van der Waals surface area contributed by atoms with Gasteiger partial charge >= 0.3 is 12.1 Å². The fourth-order valence-electron chi connectivity index (χ4n) is 6.98. The molecule has 2 saturated carbocycles. The summed E-state index contributed by atoms with van der Waals surface area (Å²) < 4.78 is 41.5. The number of aromatic nitrogens is 2. The average Bonchev–Trinajstić information content (AvgIpc) is 3.30. The minimum Gasteiger partial charge on any atom is -0.481 e. The lowest BCUT2D eigenvalue weighted by atomic mass is 9.66. The van der Waals surface area contributed by atoms with Gasteiger partial charge in [-0.05, 0) is 103 Å². The molecule has 2 N–H and O–H groups in total. The Balaban J connectivity index is 1.55. The van der Waals surface area contributed by atoms with Crippen LogP contribution in [0.1, 0.15) is 75.6 Å². The number of anilines is 2. The Labute approximate surface area is 215 Å². The Kier molecular flexibility index (Phi) is 6.07. The SMILES string of the molecule is Cc1cc2c(cc1CCC(=O)O)nc(Nc1ccc(C(F)(F)F)cc1)n2C1CC12C[C@H](C)CC(C)(C)C2. The number of aryl methyl sites for hydroxylation is 2. The highest BCUT2D eigenvalue weighted by Gasteiger charge is 2.60. The number of carboxylic acid groups (broad SMARTS) is 1. The highest BCUT2D eigenvalue weighted by molar-refractivity contribution is 5.82. The molecule has 1 spiro atoms. The maximum Gasteiger partial charge on any atom is 0.416 e.